The number of fused-ring (bicyclic) bond motifs is 1. The van der Waals surface area contributed by atoms with Crippen LogP contribution in [-0.4, -0.2) is 57.8 Å². The van der Waals surface area contributed by atoms with Gasteiger partial charge in [0.2, 0.25) is 5.71 Å². The summed E-state index contributed by atoms with van der Waals surface area (Å²) in [7, 11) is 1.29. The molecule has 2 aliphatic heterocycles. The highest BCUT2D eigenvalue weighted by Crippen LogP contribution is 2.37. The van der Waals surface area contributed by atoms with Gasteiger partial charge in [-0.25, -0.2) is 4.79 Å². The highest BCUT2D eigenvalue weighted by Gasteiger charge is 2.53. The fourth-order valence-corrected chi connectivity index (χ4v) is 3.65. The lowest BCUT2D eigenvalue weighted by Gasteiger charge is -2.48. The summed E-state index contributed by atoms with van der Waals surface area (Å²) in [5.74, 6) is -1.65. The molecule has 0 saturated carbocycles. The van der Waals surface area contributed by atoms with Crippen LogP contribution in [0, 0.1) is 0 Å². The van der Waals surface area contributed by atoms with E-state index in [1.807, 2.05) is 0 Å². The summed E-state index contributed by atoms with van der Waals surface area (Å²) in [4.78, 5) is 41.6. The van der Waals surface area contributed by atoms with E-state index in [-0.39, 0.29) is 17.2 Å². The number of rotatable bonds is 5. The Morgan fingerprint density at radius 1 is 1.54 bits per heavy atom. The molecule has 10 heteroatoms. The van der Waals surface area contributed by atoms with Crippen molar-refractivity contribution in [2.24, 2.45) is 5.16 Å². The van der Waals surface area contributed by atoms with Crippen LogP contribution in [0.3, 0.4) is 0 Å². The first-order valence-corrected chi connectivity index (χ1v) is 7.93. The highest BCUT2D eigenvalue weighted by molar-refractivity contribution is 8.00. The molecule has 0 spiro atoms. The molecule has 2 unspecified atom stereocenters. The zero-order valence-electron chi connectivity index (χ0n) is 12.5. The number of carbonyl (C=O) groups is 3. The van der Waals surface area contributed by atoms with Gasteiger partial charge in [-0.05, 0) is 18.2 Å². The van der Waals surface area contributed by atoms with Gasteiger partial charge in [-0.1, -0.05) is 5.16 Å². The summed E-state index contributed by atoms with van der Waals surface area (Å²) >= 11 is 1.37. The monoisotopic (exact) mass is 351 g/mol. The number of furan rings is 1. The lowest BCUT2D eigenvalue weighted by atomic mass is 10.0. The lowest BCUT2D eigenvalue weighted by Crippen LogP contribution is -2.70. The van der Waals surface area contributed by atoms with Crippen molar-refractivity contribution >= 4 is 35.3 Å². The van der Waals surface area contributed by atoms with Crippen molar-refractivity contribution in [3.63, 3.8) is 0 Å². The van der Waals surface area contributed by atoms with Gasteiger partial charge in [0.1, 0.15) is 24.2 Å². The molecule has 1 fully saturated rings. The van der Waals surface area contributed by atoms with Crippen LogP contribution in [0.1, 0.15) is 5.76 Å². The Hall–Kier alpha value is -2.75. The van der Waals surface area contributed by atoms with Gasteiger partial charge in [0.05, 0.1) is 6.26 Å². The van der Waals surface area contributed by atoms with Crippen molar-refractivity contribution in [1.82, 2.24) is 10.2 Å². The highest BCUT2D eigenvalue weighted by atomic mass is 32.2. The predicted molar refractivity (Wildman–Crippen MR) is 83.0 cm³/mol. The molecule has 0 bridgehead atoms. The summed E-state index contributed by atoms with van der Waals surface area (Å²) in [6, 6.07) is 2.29. The van der Waals surface area contributed by atoms with Gasteiger partial charge in [0.25, 0.3) is 11.8 Å². The summed E-state index contributed by atoms with van der Waals surface area (Å²) in [5, 5.41) is 14.8. The molecule has 0 aromatic carbocycles. The number of carboxylic acids is 1. The molecule has 2 N–H and O–H groups in total. The summed E-state index contributed by atoms with van der Waals surface area (Å²) in [5.41, 5.74) is -0.172. The lowest BCUT2D eigenvalue weighted by molar-refractivity contribution is -0.150. The minimum absolute atomic E-state index is 0.0638. The number of thioether (sulfide) groups is 1. The number of oxime groups is 1. The normalized spacial score (nSPS) is 23.0. The Morgan fingerprint density at radius 2 is 2.33 bits per heavy atom. The minimum atomic E-state index is -1.17. The zero-order valence-corrected chi connectivity index (χ0v) is 13.3. The van der Waals surface area contributed by atoms with E-state index >= 15 is 0 Å². The first kappa shape index (κ1) is 16.1. The number of hydrogen-bond donors (Lipinski definition) is 2. The van der Waals surface area contributed by atoms with Crippen molar-refractivity contribution in [2.75, 3.05) is 12.9 Å². The van der Waals surface area contributed by atoms with Crippen LogP contribution in [0.15, 0.2) is 39.7 Å². The fraction of sp³-hybridized carbons (Fsp3) is 0.286. The first-order chi connectivity index (χ1) is 11.5. The van der Waals surface area contributed by atoms with Gasteiger partial charge < -0.3 is 19.7 Å². The average Bonchev–Trinajstić information content (AvgIpc) is 3.10. The maximum absolute atomic E-state index is 12.4. The molecule has 0 radical (unpaired) electrons. The minimum Gasteiger partial charge on any atom is -0.477 e. The van der Waals surface area contributed by atoms with Crippen LogP contribution >= 0.6 is 11.8 Å². The van der Waals surface area contributed by atoms with E-state index in [0.29, 0.717) is 5.75 Å². The maximum atomic E-state index is 12.4. The third kappa shape index (κ3) is 2.64. The quantitative estimate of drug-likeness (QED) is 0.435. The van der Waals surface area contributed by atoms with Crippen molar-refractivity contribution in [2.45, 2.75) is 11.4 Å². The zero-order chi connectivity index (χ0) is 17.3. The molecule has 0 aliphatic carbocycles. The van der Waals surface area contributed by atoms with E-state index in [9.17, 15) is 14.4 Å². The Bertz CT molecular complexity index is 742. The van der Waals surface area contributed by atoms with Crippen LogP contribution in [-0.2, 0) is 19.2 Å². The molecule has 1 aromatic rings. The van der Waals surface area contributed by atoms with Gasteiger partial charge in [-0.2, -0.15) is 0 Å². The van der Waals surface area contributed by atoms with Crippen LogP contribution in [0.25, 0.3) is 0 Å². The fourth-order valence-electron chi connectivity index (χ4n) is 2.45. The molecule has 9 nitrogen and oxygen atoms in total. The number of nitrogens with zero attached hydrogens (tertiary/aromatic N) is 2. The Labute approximate surface area is 140 Å². The summed E-state index contributed by atoms with van der Waals surface area (Å²) in [6.07, 6.45) is 2.85. The van der Waals surface area contributed by atoms with Crippen molar-refractivity contribution in [3.05, 3.63) is 35.9 Å². The topological polar surface area (TPSA) is 121 Å². The SMILES string of the molecule is CO/N=C(\C(=O)NC1C(=O)N2C(C(=O)O)=CCSC12)c1ccco1. The third-order valence-corrected chi connectivity index (χ3v) is 4.69. The van der Waals surface area contributed by atoms with Crippen LogP contribution < -0.4 is 5.32 Å². The molecule has 1 saturated heterocycles. The number of carboxylic acid groups (broad SMARTS) is 1. The molecular formula is C14H13N3O6S. The number of β-lactam (4-membered cyclic amide) rings is 1. The number of aliphatic carboxylic acids is 1. The van der Waals surface area contributed by atoms with Crippen LogP contribution in [0.2, 0.25) is 0 Å². The standard InChI is InChI=1S/C14H13N3O6S/c1-22-16-9(8-3-2-5-23-8)11(18)15-10-12(19)17-7(14(20)21)4-6-24-13(10)17/h2-5,10,13H,6H2,1H3,(H,15,18)(H,20,21)/b16-9-. The summed E-state index contributed by atoms with van der Waals surface area (Å²) < 4.78 is 5.13. The molecule has 1 aromatic heterocycles. The molecule has 2 aliphatic rings. The molecular weight excluding hydrogens is 338 g/mol. The average molecular weight is 351 g/mol. The van der Waals surface area contributed by atoms with Gasteiger partial charge in [0, 0.05) is 5.75 Å². The second kappa shape index (κ2) is 6.40. The van der Waals surface area contributed by atoms with E-state index < -0.39 is 29.2 Å². The van der Waals surface area contributed by atoms with Crippen molar-refractivity contribution in [1.29, 1.82) is 0 Å². The van der Waals surface area contributed by atoms with Crippen molar-refractivity contribution < 1.29 is 28.7 Å². The van der Waals surface area contributed by atoms with E-state index in [1.54, 1.807) is 6.07 Å². The Balaban J connectivity index is 1.74. The molecule has 24 heavy (non-hydrogen) atoms. The smallest absolute Gasteiger partial charge is 0.352 e. The van der Waals surface area contributed by atoms with E-state index in [2.05, 4.69) is 15.3 Å². The first-order valence-electron chi connectivity index (χ1n) is 6.88. The molecule has 2 atom stereocenters. The van der Waals surface area contributed by atoms with Crippen LogP contribution in [0.5, 0.6) is 0 Å². The number of amides is 2. The van der Waals surface area contributed by atoms with E-state index in [0.717, 1.165) is 0 Å². The maximum Gasteiger partial charge on any atom is 0.352 e. The second-order valence-electron chi connectivity index (χ2n) is 4.88. The number of carbonyl (C=O) groups excluding carboxylic acids is 2. The van der Waals surface area contributed by atoms with Gasteiger partial charge in [-0.15, -0.1) is 11.8 Å². The van der Waals surface area contributed by atoms with E-state index in [1.165, 1.54) is 42.2 Å². The molecule has 2 amide bonds. The summed E-state index contributed by atoms with van der Waals surface area (Å²) in [6.45, 7) is 0. The molecule has 3 heterocycles. The van der Waals surface area contributed by atoms with E-state index in [4.69, 9.17) is 9.52 Å². The Morgan fingerprint density at radius 3 is 2.96 bits per heavy atom. The van der Waals surface area contributed by atoms with Crippen molar-refractivity contribution in [3.8, 4) is 0 Å². The molecule has 126 valence electrons. The third-order valence-electron chi connectivity index (χ3n) is 3.50. The van der Waals surface area contributed by atoms with Gasteiger partial charge >= 0.3 is 5.97 Å². The number of nitrogens with one attached hydrogen (secondary N) is 1. The predicted octanol–water partition coefficient (Wildman–Crippen LogP) is -0.00150. The van der Waals surface area contributed by atoms with Gasteiger partial charge in [-0.3, -0.25) is 14.5 Å². The number of hydrogen-bond acceptors (Lipinski definition) is 7. The van der Waals surface area contributed by atoms with Gasteiger partial charge in [0.15, 0.2) is 5.76 Å². The second-order valence-corrected chi connectivity index (χ2v) is 6.03. The largest absolute Gasteiger partial charge is 0.477 e. The van der Waals surface area contributed by atoms with Crippen LogP contribution in [0.4, 0.5) is 0 Å². The molecule has 3 rings (SSSR count). The Kier molecular flexibility index (Phi) is 4.30.